The Morgan fingerprint density at radius 3 is 2.67 bits per heavy atom. The number of nitrogens with two attached hydrogens (primary N) is 1. The van der Waals surface area contributed by atoms with Gasteiger partial charge in [0.2, 0.25) is 0 Å². The molecule has 0 unspecified atom stereocenters. The third-order valence-electron chi connectivity index (χ3n) is 6.57. The Balaban J connectivity index is 1.37. The number of benzene rings is 1. The molecule has 1 aliphatic rings. The molecule has 0 atom stereocenters. The van der Waals surface area contributed by atoms with Crippen LogP contribution < -0.4 is 16.4 Å². The number of anilines is 3. The zero-order valence-corrected chi connectivity index (χ0v) is 21.1. The highest BCUT2D eigenvalue weighted by atomic mass is 19.4. The number of aromatic nitrogens is 4. The lowest BCUT2D eigenvalue weighted by atomic mass is 10.0. The van der Waals surface area contributed by atoms with E-state index >= 15 is 0 Å². The Hall–Kier alpha value is -4.23. The highest BCUT2D eigenvalue weighted by Gasteiger charge is 2.31. The molecule has 1 fully saturated rings. The summed E-state index contributed by atoms with van der Waals surface area (Å²) in [4.78, 5) is 22.7. The topological polar surface area (TPSA) is 123 Å². The molecule has 4 N–H and O–H groups in total. The first-order valence-corrected chi connectivity index (χ1v) is 12.3. The van der Waals surface area contributed by atoms with Crippen LogP contribution in [0.3, 0.4) is 0 Å². The fourth-order valence-corrected chi connectivity index (χ4v) is 4.67. The van der Waals surface area contributed by atoms with Gasteiger partial charge >= 0.3 is 12.2 Å². The van der Waals surface area contributed by atoms with Crippen molar-refractivity contribution in [2.75, 3.05) is 42.7 Å². The number of nitrogens with one attached hydrogen (secondary N) is 2. The van der Waals surface area contributed by atoms with E-state index in [0.717, 1.165) is 66.8 Å². The minimum absolute atomic E-state index is 0.214. The number of urea groups is 1. The van der Waals surface area contributed by atoms with Crippen LogP contribution in [-0.4, -0.2) is 56.8 Å². The Morgan fingerprint density at radius 1 is 1.10 bits per heavy atom. The first kappa shape index (κ1) is 26.4. The zero-order valence-electron chi connectivity index (χ0n) is 21.1. The summed E-state index contributed by atoms with van der Waals surface area (Å²) in [5.74, 6) is 0.137. The number of carbonyl (C=O) groups excluding carboxylic acids is 1. The molecule has 0 spiro atoms. The van der Waals surface area contributed by atoms with Crippen LogP contribution in [0.4, 0.5) is 35.3 Å². The fraction of sp³-hybridized carbons (Fsp3) is 0.308. The Bertz CT molecular complexity index is 1480. The fourth-order valence-electron chi connectivity index (χ4n) is 4.67. The van der Waals surface area contributed by atoms with Gasteiger partial charge in [0.1, 0.15) is 17.7 Å². The second-order valence-electron chi connectivity index (χ2n) is 9.18. The molecule has 2 amide bonds. The Labute approximate surface area is 222 Å². The predicted molar refractivity (Wildman–Crippen MR) is 140 cm³/mol. The van der Waals surface area contributed by atoms with Crippen LogP contribution in [-0.2, 0) is 17.5 Å². The normalized spacial score (nSPS) is 14.8. The lowest BCUT2D eigenvalue weighted by Crippen LogP contribution is -2.27. The number of amides is 2. The first-order chi connectivity index (χ1) is 18.7. The molecular formula is C26H27F3N8O2. The third-order valence-corrected chi connectivity index (χ3v) is 6.57. The van der Waals surface area contributed by atoms with E-state index in [9.17, 15) is 18.0 Å². The molecule has 0 radical (unpaired) electrons. The van der Waals surface area contributed by atoms with Gasteiger partial charge in [0.25, 0.3) is 0 Å². The predicted octanol–water partition coefficient (Wildman–Crippen LogP) is 4.57. The average molecular weight is 541 g/mol. The number of nitrogens with zero attached hydrogens (tertiary/aromatic N) is 5. The van der Waals surface area contributed by atoms with Crippen molar-refractivity contribution in [2.45, 2.75) is 26.1 Å². The second kappa shape index (κ2) is 10.9. The molecule has 4 aromatic rings. The summed E-state index contributed by atoms with van der Waals surface area (Å²) in [5, 5.41) is 9.42. The number of hydrogen-bond donors (Lipinski definition) is 3. The third kappa shape index (κ3) is 5.78. The summed E-state index contributed by atoms with van der Waals surface area (Å²) in [6.07, 6.45) is -1.16. The zero-order chi connectivity index (χ0) is 27.6. The summed E-state index contributed by atoms with van der Waals surface area (Å²) in [5.41, 5.74) is 10.3. The smallest absolute Gasteiger partial charge is 0.382 e. The van der Waals surface area contributed by atoms with Crippen molar-refractivity contribution in [3.8, 4) is 11.1 Å². The van der Waals surface area contributed by atoms with Crippen molar-refractivity contribution in [2.24, 2.45) is 0 Å². The van der Waals surface area contributed by atoms with Crippen LogP contribution in [0.25, 0.3) is 16.6 Å². The number of fused-ring (bicyclic) bond motifs is 1. The van der Waals surface area contributed by atoms with Gasteiger partial charge in [-0.05, 0) is 48.7 Å². The number of carbonyl (C=O) groups is 1. The van der Waals surface area contributed by atoms with E-state index in [1.165, 1.54) is 6.33 Å². The molecule has 4 heterocycles. The average Bonchev–Trinajstić information content (AvgIpc) is 3.03. The van der Waals surface area contributed by atoms with Crippen LogP contribution in [0.5, 0.6) is 0 Å². The van der Waals surface area contributed by atoms with E-state index in [-0.39, 0.29) is 5.82 Å². The SMILES string of the molecule is Cc1c(-c2ccc(NC(=O)Nc3cc(C(F)(F)F)ccn3)cc2)c2c(N)ncnn2c1CN1CCCOCC1. The number of ether oxygens (including phenoxy) is 1. The number of nitrogen functional groups attached to an aromatic ring is 1. The van der Waals surface area contributed by atoms with Gasteiger partial charge in [-0.15, -0.1) is 0 Å². The molecule has 0 saturated carbocycles. The number of halogens is 3. The minimum atomic E-state index is -4.54. The molecule has 1 aliphatic heterocycles. The number of hydrogen-bond acceptors (Lipinski definition) is 7. The number of rotatable bonds is 5. The molecule has 0 aliphatic carbocycles. The van der Waals surface area contributed by atoms with Crippen molar-refractivity contribution in [3.05, 3.63) is 65.7 Å². The second-order valence-corrected chi connectivity index (χ2v) is 9.18. The van der Waals surface area contributed by atoms with Gasteiger partial charge in [0.05, 0.1) is 17.9 Å². The molecule has 3 aromatic heterocycles. The monoisotopic (exact) mass is 540 g/mol. The van der Waals surface area contributed by atoms with Crippen LogP contribution >= 0.6 is 0 Å². The maximum Gasteiger partial charge on any atom is 0.416 e. The number of alkyl halides is 3. The molecule has 10 nitrogen and oxygen atoms in total. The minimum Gasteiger partial charge on any atom is -0.382 e. The lowest BCUT2D eigenvalue weighted by molar-refractivity contribution is -0.137. The molecule has 1 saturated heterocycles. The number of pyridine rings is 1. The molecular weight excluding hydrogens is 513 g/mol. The molecule has 13 heteroatoms. The maximum atomic E-state index is 12.9. The molecule has 204 valence electrons. The van der Waals surface area contributed by atoms with Crippen molar-refractivity contribution in [1.82, 2.24) is 24.5 Å². The van der Waals surface area contributed by atoms with Crippen molar-refractivity contribution in [3.63, 3.8) is 0 Å². The van der Waals surface area contributed by atoms with Gasteiger partial charge in [0.15, 0.2) is 5.82 Å². The highest BCUT2D eigenvalue weighted by Crippen LogP contribution is 2.36. The van der Waals surface area contributed by atoms with E-state index < -0.39 is 17.8 Å². The highest BCUT2D eigenvalue weighted by molar-refractivity contribution is 5.99. The maximum absolute atomic E-state index is 12.9. The van der Waals surface area contributed by atoms with E-state index in [4.69, 9.17) is 10.5 Å². The van der Waals surface area contributed by atoms with Crippen LogP contribution in [0.15, 0.2) is 48.9 Å². The van der Waals surface area contributed by atoms with Gasteiger partial charge in [-0.1, -0.05) is 12.1 Å². The van der Waals surface area contributed by atoms with Crippen molar-refractivity contribution < 1.29 is 22.7 Å². The summed E-state index contributed by atoms with van der Waals surface area (Å²) in [7, 11) is 0. The van der Waals surface area contributed by atoms with E-state index in [1.54, 1.807) is 12.1 Å². The summed E-state index contributed by atoms with van der Waals surface area (Å²) in [6.45, 7) is 5.87. The van der Waals surface area contributed by atoms with Crippen LogP contribution in [0.1, 0.15) is 23.2 Å². The van der Waals surface area contributed by atoms with Crippen molar-refractivity contribution in [1.29, 1.82) is 0 Å². The van der Waals surface area contributed by atoms with E-state index in [0.29, 0.717) is 30.2 Å². The van der Waals surface area contributed by atoms with Gasteiger partial charge < -0.3 is 15.8 Å². The lowest BCUT2D eigenvalue weighted by Gasteiger charge is -2.19. The largest absolute Gasteiger partial charge is 0.416 e. The Kier molecular flexibility index (Phi) is 7.35. The van der Waals surface area contributed by atoms with Crippen LogP contribution in [0.2, 0.25) is 0 Å². The quantitative estimate of drug-likeness (QED) is 0.339. The van der Waals surface area contributed by atoms with E-state index in [2.05, 4.69) is 30.6 Å². The van der Waals surface area contributed by atoms with Gasteiger partial charge in [-0.3, -0.25) is 10.2 Å². The van der Waals surface area contributed by atoms with Gasteiger partial charge in [-0.2, -0.15) is 18.3 Å². The van der Waals surface area contributed by atoms with Gasteiger partial charge in [-0.25, -0.2) is 19.3 Å². The standard InChI is InChI=1S/C26H27F3N8O2/c1-16-20(14-36-9-2-11-39-12-10-36)37-23(24(30)32-15-33-37)22(16)17-3-5-19(6-4-17)34-25(38)35-21-13-18(7-8-31-21)26(27,28)29/h3-8,13,15H,2,9-12,14H2,1H3,(H2,30,32,33)(H2,31,34,35,38). The summed E-state index contributed by atoms with van der Waals surface area (Å²) < 4.78 is 46.2. The molecule has 39 heavy (non-hydrogen) atoms. The summed E-state index contributed by atoms with van der Waals surface area (Å²) in [6, 6.07) is 7.94. The first-order valence-electron chi connectivity index (χ1n) is 12.3. The summed E-state index contributed by atoms with van der Waals surface area (Å²) >= 11 is 0. The molecule has 0 bridgehead atoms. The molecule has 1 aromatic carbocycles. The van der Waals surface area contributed by atoms with Crippen LogP contribution in [0, 0.1) is 6.92 Å². The van der Waals surface area contributed by atoms with Gasteiger partial charge in [0, 0.05) is 43.7 Å². The molecule has 5 rings (SSSR count). The van der Waals surface area contributed by atoms with E-state index in [1.807, 2.05) is 23.6 Å². The van der Waals surface area contributed by atoms with Crippen molar-refractivity contribution >= 4 is 28.9 Å². The Morgan fingerprint density at radius 2 is 1.90 bits per heavy atom.